The number of aliphatic imine (C=N–C) groups is 1. The predicted octanol–water partition coefficient (Wildman–Crippen LogP) is 5.21. The van der Waals surface area contributed by atoms with Crippen molar-refractivity contribution in [1.29, 1.82) is 0 Å². The zero-order valence-electron chi connectivity index (χ0n) is 20.2. The van der Waals surface area contributed by atoms with Gasteiger partial charge in [-0.25, -0.2) is 4.79 Å². The van der Waals surface area contributed by atoms with Crippen molar-refractivity contribution in [2.45, 2.75) is 64.7 Å². The SMILES string of the molecule is CCN1C(CCCc2ccc(OC(C)(C)C(=O)O)cc2)=NCCC(Cc2cccc(Cl)c2)C1O. The highest BCUT2D eigenvalue weighted by Crippen LogP contribution is 2.25. The minimum atomic E-state index is -1.27. The first-order valence-corrected chi connectivity index (χ1v) is 12.3. The largest absolute Gasteiger partial charge is 0.478 e. The van der Waals surface area contributed by atoms with Crippen LogP contribution < -0.4 is 4.74 Å². The van der Waals surface area contributed by atoms with Gasteiger partial charge < -0.3 is 19.8 Å². The average molecular weight is 487 g/mol. The second kappa shape index (κ2) is 11.7. The summed E-state index contributed by atoms with van der Waals surface area (Å²) in [6, 6.07) is 15.4. The van der Waals surface area contributed by atoms with E-state index in [0.717, 1.165) is 54.1 Å². The van der Waals surface area contributed by atoms with Crippen molar-refractivity contribution in [3.8, 4) is 5.75 Å². The topological polar surface area (TPSA) is 82.4 Å². The van der Waals surface area contributed by atoms with E-state index in [2.05, 4.69) is 13.0 Å². The summed E-state index contributed by atoms with van der Waals surface area (Å²) in [6.07, 6.45) is 3.59. The van der Waals surface area contributed by atoms with Crippen molar-refractivity contribution < 1.29 is 19.7 Å². The molecule has 2 N–H and O–H groups in total. The standard InChI is InChI=1S/C27H35ClN2O4/c1-4-30-24(29-16-15-21(25(30)31)17-20-8-5-9-22(28)18-20)10-6-7-19-11-13-23(14-12-19)34-27(2,3)26(32)33/h5,8-9,11-14,18,21,25,31H,4,6-7,10,15-17H2,1-3H3,(H,32,33). The number of aryl methyl sites for hydroxylation is 1. The van der Waals surface area contributed by atoms with E-state index >= 15 is 0 Å². The van der Waals surface area contributed by atoms with E-state index < -0.39 is 17.8 Å². The van der Waals surface area contributed by atoms with Gasteiger partial charge in [-0.2, -0.15) is 0 Å². The highest BCUT2D eigenvalue weighted by atomic mass is 35.5. The minimum Gasteiger partial charge on any atom is -0.478 e. The summed E-state index contributed by atoms with van der Waals surface area (Å²) in [5, 5.41) is 21.1. The van der Waals surface area contributed by atoms with Crippen LogP contribution in [0.3, 0.4) is 0 Å². The fourth-order valence-electron chi connectivity index (χ4n) is 4.29. The van der Waals surface area contributed by atoms with Crippen molar-refractivity contribution in [1.82, 2.24) is 4.90 Å². The Bertz CT molecular complexity index is 990. The number of carboxylic acids is 1. The quantitative estimate of drug-likeness (QED) is 0.482. The lowest BCUT2D eigenvalue weighted by Gasteiger charge is -2.33. The second-order valence-corrected chi connectivity index (χ2v) is 9.73. The number of benzene rings is 2. The molecule has 1 heterocycles. The van der Waals surface area contributed by atoms with Gasteiger partial charge in [0.15, 0.2) is 5.60 Å². The van der Waals surface area contributed by atoms with Gasteiger partial charge in [0.25, 0.3) is 0 Å². The number of aliphatic hydroxyl groups excluding tert-OH is 1. The Morgan fingerprint density at radius 2 is 1.91 bits per heavy atom. The van der Waals surface area contributed by atoms with Crippen molar-refractivity contribution in [3.63, 3.8) is 0 Å². The van der Waals surface area contributed by atoms with Gasteiger partial charge in [0, 0.05) is 30.5 Å². The monoisotopic (exact) mass is 486 g/mol. The Kier molecular flexibility index (Phi) is 8.97. The number of halogens is 1. The maximum atomic E-state index is 11.2. The molecule has 0 spiro atoms. The highest BCUT2D eigenvalue weighted by molar-refractivity contribution is 6.30. The summed E-state index contributed by atoms with van der Waals surface area (Å²) in [4.78, 5) is 18.1. The molecule has 2 aromatic rings. The highest BCUT2D eigenvalue weighted by Gasteiger charge is 2.30. The van der Waals surface area contributed by atoms with Crippen LogP contribution in [0.5, 0.6) is 5.75 Å². The molecule has 2 atom stereocenters. The number of amidine groups is 1. The molecular weight excluding hydrogens is 452 g/mol. The zero-order valence-corrected chi connectivity index (χ0v) is 21.0. The molecule has 0 aliphatic carbocycles. The van der Waals surface area contributed by atoms with Crippen LogP contribution in [-0.2, 0) is 17.6 Å². The van der Waals surface area contributed by atoms with E-state index in [0.29, 0.717) is 18.8 Å². The lowest BCUT2D eigenvalue weighted by molar-refractivity contribution is -0.152. The van der Waals surface area contributed by atoms with Crippen LogP contribution >= 0.6 is 11.6 Å². The fourth-order valence-corrected chi connectivity index (χ4v) is 4.50. The van der Waals surface area contributed by atoms with Crippen LogP contribution in [0, 0.1) is 5.92 Å². The number of aliphatic carboxylic acids is 1. The summed E-state index contributed by atoms with van der Waals surface area (Å²) in [5.74, 6) is 0.600. The number of hydrogen-bond donors (Lipinski definition) is 2. The van der Waals surface area contributed by atoms with E-state index in [1.807, 2.05) is 47.4 Å². The average Bonchev–Trinajstić information content (AvgIpc) is 2.93. The van der Waals surface area contributed by atoms with Crippen molar-refractivity contribution in [2.24, 2.45) is 10.9 Å². The molecule has 184 valence electrons. The van der Waals surface area contributed by atoms with E-state index in [9.17, 15) is 15.0 Å². The van der Waals surface area contributed by atoms with E-state index in [-0.39, 0.29) is 5.92 Å². The number of hydrogen-bond acceptors (Lipinski definition) is 5. The van der Waals surface area contributed by atoms with Crippen molar-refractivity contribution in [2.75, 3.05) is 13.1 Å². The van der Waals surface area contributed by atoms with Gasteiger partial charge >= 0.3 is 5.97 Å². The predicted molar refractivity (Wildman–Crippen MR) is 136 cm³/mol. The Labute approximate surface area is 207 Å². The van der Waals surface area contributed by atoms with Crippen LogP contribution in [0.1, 0.15) is 51.2 Å². The zero-order chi connectivity index (χ0) is 24.7. The molecule has 0 radical (unpaired) electrons. The molecular formula is C27H35ClN2O4. The van der Waals surface area contributed by atoms with Crippen molar-refractivity contribution in [3.05, 3.63) is 64.7 Å². The summed E-state index contributed by atoms with van der Waals surface area (Å²) < 4.78 is 5.57. The Hall–Kier alpha value is -2.57. The number of aliphatic hydroxyl groups is 1. The maximum Gasteiger partial charge on any atom is 0.347 e. The Balaban J connectivity index is 1.55. The van der Waals surface area contributed by atoms with E-state index in [1.54, 1.807) is 0 Å². The van der Waals surface area contributed by atoms with E-state index in [1.165, 1.54) is 13.8 Å². The van der Waals surface area contributed by atoms with E-state index in [4.69, 9.17) is 21.3 Å². The molecule has 3 rings (SSSR count). The number of nitrogens with zero attached hydrogens (tertiary/aromatic N) is 2. The van der Waals surface area contributed by atoms with Crippen LogP contribution in [0.2, 0.25) is 5.02 Å². The number of ether oxygens (including phenoxy) is 1. The summed E-state index contributed by atoms with van der Waals surface area (Å²) in [6.45, 7) is 6.53. The second-order valence-electron chi connectivity index (χ2n) is 9.30. The summed E-state index contributed by atoms with van der Waals surface area (Å²) >= 11 is 6.14. The lowest BCUT2D eigenvalue weighted by Crippen LogP contribution is -2.44. The number of carboxylic acid groups (broad SMARTS) is 1. The Morgan fingerprint density at radius 1 is 1.18 bits per heavy atom. The molecule has 6 nitrogen and oxygen atoms in total. The Morgan fingerprint density at radius 3 is 2.56 bits per heavy atom. The molecule has 2 unspecified atom stereocenters. The first kappa shape index (κ1) is 26.0. The molecule has 0 saturated heterocycles. The third-order valence-electron chi connectivity index (χ3n) is 6.27. The summed E-state index contributed by atoms with van der Waals surface area (Å²) in [5.41, 5.74) is 1.01. The van der Waals surface area contributed by atoms with Gasteiger partial charge in [0.2, 0.25) is 0 Å². The summed E-state index contributed by atoms with van der Waals surface area (Å²) in [7, 11) is 0. The van der Waals surface area contributed by atoms with Gasteiger partial charge in [-0.15, -0.1) is 0 Å². The molecule has 0 aromatic heterocycles. The molecule has 7 heteroatoms. The molecule has 0 amide bonds. The molecule has 0 fully saturated rings. The van der Waals surface area contributed by atoms with Gasteiger partial charge in [-0.3, -0.25) is 4.99 Å². The third-order valence-corrected chi connectivity index (χ3v) is 6.51. The van der Waals surface area contributed by atoms with Crippen LogP contribution in [-0.4, -0.2) is 51.8 Å². The fraction of sp³-hybridized carbons (Fsp3) is 0.481. The maximum absolute atomic E-state index is 11.2. The lowest BCUT2D eigenvalue weighted by atomic mass is 9.94. The smallest absolute Gasteiger partial charge is 0.347 e. The third kappa shape index (κ3) is 6.97. The normalized spacial score (nSPS) is 18.9. The molecule has 1 aliphatic rings. The van der Waals surface area contributed by atoms with Gasteiger partial charge in [0.05, 0.1) is 0 Å². The molecule has 0 saturated carbocycles. The van der Waals surface area contributed by atoms with Crippen LogP contribution in [0.25, 0.3) is 0 Å². The van der Waals surface area contributed by atoms with Crippen LogP contribution in [0.4, 0.5) is 0 Å². The molecule has 2 aromatic carbocycles. The first-order valence-electron chi connectivity index (χ1n) is 11.9. The molecule has 0 bridgehead atoms. The molecule has 34 heavy (non-hydrogen) atoms. The first-order chi connectivity index (χ1) is 16.2. The number of carbonyl (C=O) groups is 1. The minimum absolute atomic E-state index is 0.0993. The van der Waals surface area contributed by atoms with Crippen molar-refractivity contribution >= 4 is 23.4 Å². The number of rotatable bonds is 10. The molecule has 1 aliphatic heterocycles. The van der Waals surface area contributed by atoms with Gasteiger partial charge in [-0.1, -0.05) is 35.9 Å². The van der Waals surface area contributed by atoms with Gasteiger partial charge in [-0.05, 0) is 81.8 Å². The van der Waals surface area contributed by atoms with Gasteiger partial charge in [0.1, 0.15) is 17.8 Å². The van der Waals surface area contributed by atoms with Crippen LogP contribution in [0.15, 0.2) is 53.5 Å².